The number of hydrogen-bond donors (Lipinski definition) is 1. The summed E-state index contributed by atoms with van der Waals surface area (Å²) < 4.78 is 41.9. The molecule has 0 atom stereocenters. The highest BCUT2D eigenvalue weighted by Crippen LogP contribution is 2.31. The largest absolute Gasteiger partial charge is 0.452 e. The molecular weight excluding hydrogens is 267 g/mol. The molecule has 0 saturated carbocycles. The van der Waals surface area contributed by atoms with Crippen LogP contribution in [0, 0.1) is 13.8 Å². The van der Waals surface area contributed by atoms with Crippen molar-refractivity contribution in [3.8, 4) is 0 Å². The fraction of sp³-hybridized carbons (Fsp3) is 0.444. The Kier molecular flexibility index (Phi) is 3.01. The van der Waals surface area contributed by atoms with Crippen molar-refractivity contribution >= 4 is 22.4 Å². The minimum absolute atomic E-state index is 0.0986. The average molecular weight is 277 g/mol. The maximum absolute atomic E-state index is 12.3. The molecule has 0 radical (unpaired) electrons. The number of rotatable bonds is 2. The number of nitrogens with one attached hydrogen (secondary N) is 1. The molecule has 0 unspecified atom stereocenters. The lowest BCUT2D eigenvalue weighted by atomic mass is 10.3. The molecule has 2 aromatic rings. The van der Waals surface area contributed by atoms with E-state index in [9.17, 15) is 13.2 Å². The molecular formula is C9H10F3N5S. The Hall–Kier alpha value is -1.64. The molecule has 0 aliphatic heterocycles. The minimum Gasteiger partial charge on any atom is -0.327 e. The van der Waals surface area contributed by atoms with Crippen LogP contribution < -0.4 is 5.32 Å². The molecule has 2 heterocycles. The second-order valence-electron chi connectivity index (χ2n) is 3.72. The zero-order valence-corrected chi connectivity index (χ0v) is 10.6. The fourth-order valence-electron chi connectivity index (χ4n) is 1.45. The van der Waals surface area contributed by atoms with Crippen LogP contribution in [0.1, 0.15) is 17.2 Å². The second-order valence-corrected chi connectivity index (χ2v) is 4.47. The first-order chi connectivity index (χ1) is 8.29. The zero-order chi connectivity index (χ0) is 13.5. The van der Waals surface area contributed by atoms with E-state index in [1.807, 2.05) is 6.92 Å². The van der Waals surface area contributed by atoms with Crippen molar-refractivity contribution in [2.45, 2.75) is 20.0 Å². The molecule has 0 aliphatic rings. The Morgan fingerprint density at radius 3 is 2.39 bits per heavy atom. The SMILES string of the molecule is Cc1nn(C)c(C)c1Nc1nc(C(F)(F)F)ns1. The van der Waals surface area contributed by atoms with Crippen LogP contribution in [-0.4, -0.2) is 19.1 Å². The van der Waals surface area contributed by atoms with E-state index in [0.717, 1.165) is 5.69 Å². The Morgan fingerprint density at radius 1 is 1.28 bits per heavy atom. The third-order valence-electron chi connectivity index (χ3n) is 2.42. The van der Waals surface area contributed by atoms with E-state index in [-0.39, 0.29) is 5.13 Å². The van der Waals surface area contributed by atoms with Gasteiger partial charge in [0.2, 0.25) is 11.0 Å². The van der Waals surface area contributed by atoms with Crippen LogP contribution in [0.3, 0.4) is 0 Å². The Balaban J connectivity index is 2.27. The molecule has 5 nitrogen and oxygen atoms in total. The van der Waals surface area contributed by atoms with Gasteiger partial charge in [-0.3, -0.25) is 4.68 Å². The van der Waals surface area contributed by atoms with Crippen molar-refractivity contribution in [1.82, 2.24) is 19.1 Å². The van der Waals surface area contributed by atoms with Gasteiger partial charge in [-0.2, -0.15) is 27.6 Å². The Morgan fingerprint density at radius 2 is 1.94 bits per heavy atom. The van der Waals surface area contributed by atoms with Gasteiger partial charge in [0.15, 0.2) is 0 Å². The molecule has 18 heavy (non-hydrogen) atoms. The van der Waals surface area contributed by atoms with E-state index in [1.54, 1.807) is 18.7 Å². The van der Waals surface area contributed by atoms with Gasteiger partial charge >= 0.3 is 6.18 Å². The molecule has 0 spiro atoms. The highest BCUT2D eigenvalue weighted by molar-refractivity contribution is 7.09. The zero-order valence-electron chi connectivity index (χ0n) is 9.83. The normalized spacial score (nSPS) is 11.9. The third-order valence-corrected chi connectivity index (χ3v) is 3.05. The number of anilines is 2. The van der Waals surface area contributed by atoms with Crippen molar-refractivity contribution < 1.29 is 13.2 Å². The molecule has 0 bridgehead atoms. The van der Waals surface area contributed by atoms with Crippen molar-refractivity contribution in [1.29, 1.82) is 0 Å². The molecule has 0 aromatic carbocycles. The number of alkyl halides is 3. The predicted octanol–water partition coefficient (Wildman–Crippen LogP) is 2.65. The lowest BCUT2D eigenvalue weighted by Gasteiger charge is -2.02. The summed E-state index contributed by atoms with van der Waals surface area (Å²) in [5.41, 5.74) is 2.16. The quantitative estimate of drug-likeness (QED) is 0.917. The maximum atomic E-state index is 12.3. The lowest BCUT2D eigenvalue weighted by molar-refractivity contribution is -0.144. The summed E-state index contributed by atoms with van der Waals surface area (Å²) in [7, 11) is 1.76. The molecule has 9 heteroatoms. The molecule has 0 amide bonds. The van der Waals surface area contributed by atoms with Crippen LogP contribution in [0.25, 0.3) is 0 Å². The molecule has 0 aliphatic carbocycles. The second kappa shape index (κ2) is 4.23. The Bertz CT molecular complexity index is 571. The van der Waals surface area contributed by atoms with E-state index in [0.29, 0.717) is 22.9 Å². The molecule has 0 fully saturated rings. The van der Waals surface area contributed by atoms with E-state index in [4.69, 9.17) is 0 Å². The molecule has 0 saturated heterocycles. The van der Waals surface area contributed by atoms with E-state index in [1.165, 1.54) is 0 Å². The number of halogens is 3. The standard InChI is InChI=1S/C9H10F3N5S/c1-4-6(5(2)17(3)15-4)13-8-14-7(16-18-8)9(10,11)12/h1-3H3,(H,13,14,16). The summed E-state index contributed by atoms with van der Waals surface area (Å²) in [6.45, 7) is 3.58. The number of nitrogens with zero attached hydrogens (tertiary/aromatic N) is 4. The summed E-state index contributed by atoms with van der Waals surface area (Å²) in [5, 5.41) is 7.06. The number of aryl methyl sites for hydroxylation is 2. The van der Waals surface area contributed by atoms with Gasteiger partial charge in [0, 0.05) is 18.6 Å². The van der Waals surface area contributed by atoms with Crippen LogP contribution in [0.2, 0.25) is 0 Å². The van der Waals surface area contributed by atoms with Gasteiger partial charge in [0.05, 0.1) is 17.1 Å². The average Bonchev–Trinajstić information content (AvgIpc) is 2.80. The highest BCUT2D eigenvalue weighted by Gasteiger charge is 2.36. The summed E-state index contributed by atoms with van der Waals surface area (Å²) in [5.74, 6) is -1.13. The highest BCUT2D eigenvalue weighted by atomic mass is 32.1. The van der Waals surface area contributed by atoms with Crippen LogP contribution >= 0.6 is 11.5 Å². The van der Waals surface area contributed by atoms with Crippen LogP contribution in [-0.2, 0) is 13.2 Å². The van der Waals surface area contributed by atoms with E-state index in [2.05, 4.69) is 19.8 Å². The predicted molar refractivity (Wildman–Crippen MR) is 60.9 cm³/mol. The van der Waals surface area contributed by atoms with Gasteiger partial charge < -0.3 is 5.32 Å². The molecule has 1 N–H and O–H groups in total. The van der Waals surface area contributed by atoms with Crippen LogP contribution in [0.15, 0.2) is 0 Å². The smallest absolute Gasteiger partial charge is 0.327 e. The monoisotopic (exact) mass is 277 g/mol. The topological polar surface area (TPSA) is 55.6 Å². The van der Waals surface area contributed by atoms with Gasteiger partial charge in [-0.15, -0.1) is 0 Å². The molecule has 2 aromatic heterocycles. The summed E-state index contributed by atoms with van der Waals surface area (Å²) in [4.78, 5) is 3.40. The van der Waals surface area contributed by atoms with Crippen molar-refractivity contribution in [2.75, 3.05) is 5.32 Å². The molecule has 98 valence electrons. The first-order valence-electron chi connectivity index (χ1n) is 4.97. The van der Waals surface area contributed by atoms with Gasteiger partial charge in [0.1, 0.15) is 0 Å². The van der Waals surface area contributed by atoms with Crippen LogP contribution in [0.4, 0.5) is 24.0 Å². The first-order valence-corrected chi connectivity index (χ1v) is 5.74. The van der Waals surface area contributed by atoms with Gasteiger partial charge in [0.25, 0.3) is 0 Å². The van der Waals surface area contributed by atoms with Crippen molar-refractivity contribution in [2.24, 2.45) is 7.05 Å². The Labute approximate surface area is 105 Å². The lowest BCUT2D eigenvalue weighted by Crippen LogP contribution is -2.07. The summed E-state index contributed by atoms with van der Waals surface area (Å²) >= 11 is 0.669. The van der Waals surface area contributed by atoms with E-state index >= 15 is 0 Å². The minimum atomic E-state index is -4.52. The molecule has 2 rings (SSSR count). The third kappa shape index (κ3) is 2.30. The van der Waals surface area contributed by atoms with Gasteiger partial charge in [-0.05, 0) is 13.8 Å². The van der Waals surface area contributed by atoms with E-state index < -0.39 is 12.0 Å². The van der Waals surface area contributed by atoms with Crippen molar-refractivity contribution in [3.63, 3.8) is 0 Å². The maximum Gasteiger partial charge on any atom is 0.452 e. The number of aromatic nitrogens is 4. The summed E-state index contributed by atoms with van der Waals surface area (Å²) in [6, 6.07) is 0. The first kappa shape index (κ1) is 12.8. The number of hydrogen-bond acceptors (Lipinski definition) is 5. The van der Waals surface area contributed by atoms with Crippen molar-refractivity contribution in [3.05, 3.63) is 17.2 Å². The van der Waals surface area contributed by atoms with Crippen LogP contribution in [0.5, 0.6) is 0 Å². The fourth-order valence-corrected chi connectivity index (χ4v) is 2.04. The van der Waals surface area contributed by atoms with Gasteiger partial charge in [-0.1, -0.05) is 0 Å². The summed E-state index contributed by atoms with van der Waals surface area (Å²) in [6.07, 6.45) is -4.52. The van der Waals surface area contributed by atoms with Gasteiger partial charge in [-0.25, -0.2) is 0 Å².